The highest BCUT2D eigenvalue weighted by Gasteiger charge is 2.27. The Balaban J connectivity index is 2.41. The van der Waals surface area contributed by atoms with Crippen molar-refractivity contribution in [3.05, 3.63) is 22.1 Å². The summed E-state index contributed by atoms with van der Waals surface area (Å²) in [7, 11) is 0. The van der Waals surface area contributed by atoms with Gasteiger partial charge in [-0.05, 0) is 5.92 Å². The standard InChI is InChI=1S/C11H14N2O3S/c1-6(2)8-4-9(14)13-7(3-10(15)16)5-17-11(13)12-8/h4,6-7H,3,5H2,1-2H3,(H,15,16)/t7-/m1/s1. The zero-order chi connectivity index (χ0) is 12.6. The van der Waals surface area contributed by atoms with Gasteiger partial charge in [0.15, 0.2) is 5.16 Å². The van der Waals surface area contributed by atoms with Crippen molar-refractivity contribution in [3.8, 4) is 0 Å². The molecule has 1 aliphatic heterocycles. The quantitative estimate of drug-likeness (QED) is 0.827. The summed E-state index contributed by atoms with van der Waals surface area (Å²) in [5.74, 6) is -0.0770. The van der Waals surface area contributed by atoms with Crippen molar-refractivity contribution in [2.45, 2.75) is 37.4 Å². The van der Waals surface area contributed by atoms with Gasteiger partial charge in [0.1, 0.15) is 0 Å². The Hall–Kier alpha value is -1.30. The van der Waals surface area contributed by atoms with Crippen molar-refractivity contribution in [1.29, 1.82) is 0 Å². The molecule has 0 amide bonds. The lowest BCUT2D eigenvalue weighted by Gasteiger charge is -2.12. The molecule has 0 saturated heterocycles. The molecule has 0 aromatic carbocycles. The highest BCUT2D eigenvalue weighted by atomic mass is 32.2. The number of thioether (sulfide) groups is 1. The van der Waals surface area contributed by atoms with E-state index >= 15 is 0 Å². The Morgan fingerprint density at radius 2 is 2.41 bits per heavy atom. The summed E-state index contributed by atoms with van der Waals surface area (Å²) in [5.41, 5.74) is 0.625. The molecule has 1 aromatic heterocycles. The van der Waals surface area contributed by atoms with E-state index in [1.165, 1.54) is 22.4 Å². The van der Waals surface area contributed by atoms with Gasteiger partial charge in [-0.1, -0.05) is 25.6 Å². The Bertz CT molecular complexity index is 510. The molecule has 0 fully saturated rings. The largest absolute Gasteiger partial charge is 0.481 e. The lowest BCUT2D eigenvalue weighted by atomic mass is 10.1. The number of fused-ring (bicyclic) bond motifs is 1. The molecule has 1 atom stereocenters. The van der Waals surface area contributed by atoms with E-state index in [2.05, 4.69) is 4.98 Å². The molecule has 0 spiro atoms. The number of nitrogens with zero attached hydrogens (tertiary/aromatic N) is 2. The molecule has 2 rings (SSSR count). The van der Waals surface area contributed by atoms with Gasteiger partial charge in [-0.25, -0.2) is 4.98 Å². The zero-order valence-electron chi connectivity index (χ0n) is 9.71. The average Bonchev–Trinajstić information content (AvgIpc) is 2.60. The smallest absolute Gasteiger partial charge is 0.305 e. The molecular formula is C11H14N2O3S. The van der Waals surface area contributed by atoms with E-state index in [1.54, 1.807) is 0 Å². The second-order valence-electron chi connectivity index (χ2n) is 4.39. The predicted octanol–water partition coefficient (Wildman–Crippen LogP) is 1.49. The van der Waals surface area contributed by atoms with Crippen LogP contribution < -0.4 is 5.56 Å². The number of aliphatic carboxylic acids is 1. The average molecular weight is 254 g/mol. The second kappa shape index (κ2) is 4.52. The van der Waals surface area contributed by atoms with E-state index in [1.807, 2.05) is 13.8 Å². The van der Waals surface area contributed by atoms with E-state index in [0.717, 1.165) is 5.69 Å². The van der Waals surface area contributed by atoms with Crippen LogP contribution in [0.2, 0.25) is 0 Å². The fourth-order valence-electron chi connectivity index (χ4n) is 1.82. The minimum Gasteiger partial charge on any atom is -0.481 e. The lowest BCUT2D eigenvalue weighted by molar-refractivity contribution is -0.137. The molecule has 0 radical (unpaired) electrons. The third-order valence-electron chi connectivity index (χ3n) is 2.71. The summed E-state index contributed by atoms with van der Waals surface area (Å²) >= 11 is 1.45. The maximum Gasteiger partial charge on any atom is 0.305 e. The molecule has 1 aliphatic rings. The fourth-order valence-corrected chi connectivity index (χ4v) is 2.97. The van der Waals surface area contributed by atoms with Crippen molar-refractivity contribution in [2.75, 3.05) is 5.75 Å². The second-order valence-corrected chi connectivity index (χ2v) is 5.38. The Kier molecular flexibility index (Phi) is 3.24. The van der Waals surface area contributed by atoms with Crippen LogP contribution in [0.4, 0.5) is 0 Å². The van der Waals surface area contributed by atoms with Crippen LogP contribution in [0.5, 0.6) is 0 Å². The molecule has 2 heterocycles. The van der Waals surface area contributed by atoms with Gasteiger partial charge in [0.05, 0.1) is 18.2 Å². The third kappa shape index (κ3) is 2.36. The fraction of sp³-hybridized carbons (Fsp3) is 0.545. The van der Waals surface area contributed by atoms with Crippen LogP contribution >= 0.6 is 11.8 Å². The van der Waals surface area contributed by atoms with Crippen LogP contribution in [0.15, 0.2) is 16.0 Å². The van der Waals surface area contributed by atoms with Crippen molar-refractivity contribution in [3.63, 3.8) is 0 Å². The van der Waals surface area contributed by atoms with Gasteiger partial charge in [-0.3, -0.25) is 14.2 Å². The summed E-state index contributed by atoms with van der Waals surface area (Å²) in [6.07, 6.45) is -0.0252. The topological polar surface area (TPSA) is 72.2 Å². The van der Waals surface area contributed by atoms with Crippen molar-refractivity contribution >= 4 is 17.7 Å². The van der Waals surface area contributed by atoms with Crippen molar-refractivity contribution in [1.82, 2.24) is 9.55 Å². The van der Waals surface area contributed by atoms with Gasteiger partial charge in [0.25, 0.3) is 5.56 Å². The molecule has 6 heteroatoms. The first-order valence-electron chi connectivity index (χ1n) is 5.47. The summed E-state index contributed by atoms with van der Waals surface area (Å²) in [6.45, 7) is 3.96. The number of rotatable bonds is 3. The Morgan fingerprint density at radius 1 is 1.71 bits per heavy atom. The molecule has 92 valence electrons. The number of aromatic nitrogens is 2. The number of hydrogen-bond donors (Lipinski definition) is 1. The van der Waals surface area contributed by atoms with Crippen LogP contribution in [0.25, 0.3) is 0 Å². The number of hydrogen-bond acceptors (Lipinski definition) is 4. The van der Waals surface area contributed by atoms with Gasteiger partial charge < -0.3 is 5.11 Å². The van der Waals surface area contributed by atoms with Gasteiger partial charge in [-0.15, -0.1) is 0 Å². The Morgan fingerprint density at radius 3 is 3.00 bits per heavy atom. The van der Waals surface area contributed by atoms with E-state index in [9.17, 15) is 9.59 Å². The number of carbonyl (C=O) groups is 1. The number of carboxylic acids is 1. The normalized spacial score (nSPS) is 18.4. The van der Waals surface area contributed by atoms with Gasteiger partial charge in [0, 0.05) is 11.8 Å². The van der Waals surface area contributed by atoms with E-state index in [-0.39, 0.29) is 23.9 Å². The predicted molar refractivity (Wildman–Crippen MR) is 64.6 cm³/mol. The van der Waals surface area contributed by atoms with Crippen LogP contribution in [0.1, 0.15) is 37.9 Å². The highest BCUT2D eigenvalue weighted by molar-refractivity contribution is 7.99. The summed E-state index contributed by atoms with van der Waals surface area (Å²) in [5, 5.41) is 9.43. The first kappa shape index (κ1) is 12.2. The maximum absolute atomic E-state index is 11.9. The van der Waals surface area contributed by atoms with E-state index in [4.69, 9.17) is 5.11 Å². The maximum atomic E-state index is 11.9. The van der Waals surface area contributed by atoms with E-state index in [0.29, 0.717) is 10.9 Å². The Labute approximate surface area is 103 Å². The van der Waals surface area contributed by atoms with Crippen LogP contribution in [-0.2, 0) is 4.79 Å². The molecule has 1 aromatic rings. The third-order valence-corrected chi connectivity index (χ3v) is 3.81. The van der Waals surface area contributed by atoms with Gasteiger partial charge >= 0.3 is 5.97 Å². The van der Waals surface area contributed by atoms with Crippen molar-refractivity contribution < 1.29 is 9.90 Å². The lowest BCUT2D eigenvalue weighted by Crippen LogP contribution is -2.26. The van der Waals surface area contributed by atoms with Crippen LogP contribution in [0, 0.1) is 0 Å². The molecule has 0 aliphatic carbocycles. The van der Waals surface area contributed by atoms with Crippen LogP contribution in [-0.4, -0.2) is 26.4 Å². The molecule has 17 heavy (non-hydrogen) atoms. The molecule has 0 saturated carbocycles. The summed E-state index contributed by atoms with van der Waals surface area (Å²) in [6, 6.07) is 1.24. The molecular weight excluding hydrogens is 240 g/mol. The first-order chi connectivity index (χ1) is 7.99. The van der Waals surface area contributed by atoms with Gasteiger partial charge in [-0.2, -0.15) is 0 Å². The highest BCUT2D eigenvalue weighted by Crippen LogP contribution is 2.32. The SMILES string of the molecule is CC(C)c1cc(=O)n2c(n1)SC[C@H]2CC(=O)O. The number of carboxylic acid groups (broad SMARTS) is 1. The van der Waals surface area contributed by atoms with Gasteiger partial charge in [0.2, 0.25) is 0 Å². The first-order valence-corrected chi connectivity index (χ1v) is 6.45. The summed E-state index contributed by atoms with van der Waals surface area (Å²) in [4.78, 5) is 27.1. The van der Waals surface area contributed by atoms with E-state index < -0.39 is 5.97 Å². The summed E-state index contributed by atoms with van der Waals surface area (Å²) < 4.78 is 1.50. The molecule has 0 unspecified atom stereocenters. The molecule has 1 N–H and O–H groups in total. The molecule has 0 bridgehead atoms. The minimum absolute atomic E-state index is 0.0252. The van der Waals surface area contributed by atoms with Crippen LogP contribution in [0.3, 0.4) is 0 Å². The minimum atomic E-state index is -0.886. The molecule has 5 nitrogen and oxygen atoms in total. The van der Waals surface area contributed by atoms with Crippen molar-refractivity contribution in [2.24, 2.45) is 0 Å². The monoisotopic (exact) mass is 254 g/mol. The zero-order valence-corrected chi connectivity index (χ0v) is 10.5.